The van der Waals surface area contributed by atoms with E-state index in [2.05, 4.69) is 33.3 Å². The Labute approximate surface area is 111 Å². The van der Waals surface area contributed by atoms with Gasteiger partial charge in [0.15, 0.2) is 0 Å². The normalized spacial score (nSPS) is 27.4. The number of ether oxygens (including phenoxy) is 2. The molecule has 2 aliphatic heterocycles. The molecule has 0 aliphatic carbocycles. The quantitative estimate of drug-likeness (QED) is 0.833. The third kappa shape index (κ3) is 1.85. The third-order valence-electron chi connectivity index (χ3n) is 3.87. The van der Waals surface area contributed by atoms with Crippen LogP contribution < -0.4 is 5.32 Å². The molecule has 0 bridgehead atoms. The molecule has 2 aliphatic rings. The van der Waals surface area contributed by atoms with E-state index in [-0.39, 0.29) is 12.1 Å². The van der Waals surface area contributed by atoms with Crippen LogP contribution in [0.1, 0.15) is 11.8 Å². The molecule has 1 N–H and O–H groups in total. The zero-order valence-corrected chi connectivity index (χ0v) is 10.7. The molecule has 5 heteroatoms. The largest absolute Gasteiger partial charge is 0.378 e. The highest BCUT2D eigenvalue weighted by Gasteiger charge is 2.33. The van der Waals surface area contributed by atoms with Crippen LogP contribution in [-0.4, -0.2) is 42.2 Å². The van der Waals surface area contributed by atoms with Gasteiger partial charge in [0.1, 0.15) is 6.10 Å². The van der Waals surface area contributed by atoms with Crippen LogP contribution in [0.5, 0.6) is 0 Å². The number of aromatic nitrogens is 2. The van der Waals surface area contributed by atoms with Crippen LogP contribution in [-0.2, 0) is 16.0 Å². The molecular formula is C14H17N3O2. The van der Waals surface area contributed by atoms with Crippen LogP contribution >= 0.6 is 0 Å². The van der Waals surface area contributed by atoms with E-state index < -0.39 is 0 Å². The summed E-state index contributed by atoms with van der Waals surface area (Å²) in [4.78, 5) is 0. The Morgan fingerprint density at radius 1 is 1.26 bits per heavy atom. The van der Waals surface area contributed by atoms with Crippen LogP contribution in [0.15, 0.2) is 24.3 Å². The van der Waals surface area contributed by atoms with Crippen molar-refractivity contribution in [3.05, 3.63) is 30.0 Å². The molecule has 5 nitrogen and oxygen atoms in total. The predicted octanol–water partition coefficient (Wildman–Crippen LogP) is 1.10. The van der Waals surface area contributed by atoms with Gasteiger partial charge in [-0.25, -0.2) is 0 Å². The van der Waals surface area contributed by atoms with E-state index in [1.54, 1.807) is 0 Å². The summed E-state index contributed by atoms with van der Waals surface area (Å²) in [6.07, 6.45) is 0.0291. The maximum Gasteiger partial charge on any atom is 0.117 e. The van der Waals surface area contributed by atoms with Crippen molar-refractivity contribution in [2.45, 2.75) is 18.7 Å². The zero-order valence-electron chi connectivity index (χ0n) is 10.7. The first-order chi connectivity index (χ1) is 9.43. The maximum absolute atomic E-state index is 6.01. The second-order valence-electron chi connectivity index (χ2n) is 5.05. The van der Waals surface area contributed by atoms with Gasteiger partial charge in [-0.15, -0.1) is 0 Å². The number of hydrogen-bond acceptors (Lipinski definition) is 4. The Balaban J connectivity index is 1.80. The van der Waals surface area contributed by atoms with E-state index in [1.165, 1.54) is 11.1 Å². The minimum Gasteiger partial charge on any atom is -0.378 e. The van der Waals surface area contributed by atoms with Crippen LogP contribution in [0.3, 0.4) is 0 Å². The van der Waals surface area contributed by atoms with Gasteiger partial charge >= 0.3 is 0 Å². The Hall–Kier alpha value is -1.43. The van der Waals surface area contributed by atoms with Crippen molar-refractivity contribution >= 4 is 10.9 Å². The topological polar surface area (TPSA) is 48.3 Å². The lowest BCUT2D eigenvalue weighted by atomic mass is 10.0. The highest BCUT2D eigenvalue weighted by molar-refractivity contribution is 5.82. The summed E-state index contributed by atoms with van der Waals surface area (Å²) in [6, 6.07) is 8.48. The molecule has 0 saturated carbocycles. The summed E-state index contributed by atoms with van der Waals surface area (Å²) in [5.41, 5.74) is 2.23. The Kier molecular flexibility index (Phi) is 2.76. The highest BCUT2D eigenvalue weighted by atomic mass is 16.5. The molecule has 19 heavy (non-hydrogen) atoms. The van der Waals surface area contributed by atoms with E-state index in [4.69, 9.17) is 9.47 Å². The Morgan fingerprint density at radius 3 is 3.11 bits per heavy atom. The monoisotopic (exact) mass is 259 g/mol. The summed E-state index contributed by atoms with van der Waals surface area (Å²) in [5, 5.41) is 9.35. The van der Waals surface area contributed by atoms with E-state index >= 15 is 0 Å². The van der Waals surface area contributed by atoms with E-state index in [9.17, 15) is 0 Å². The standard InChI is InChI=1S/C14H17N3O2/c1-2-4-11-10(3-1)13-14(12-9-18-7-5-15-12)19-8-6-17(13)16-11/h1-4,12,14-15H,5-9H2/t12-,14-/m0/s1. The van der Waals surface area contributed by atoms with Crippen LogP contribution in [0.2, 0.25) is 0 Å². The number of benzene rings is 1. The van der Waals surface area contributed by atoms with Gasteiger partial charge in [-0.05, 0) is 6.07 Å². The summed E-state index contributed by atoms with van der Waals surface area (Å²) in [6.45, 7) is 3.90. The lowest BCUT2D eigenvalue weighted by molar-refractivity contribution is -0.0445. The van der Waals surface area contributed by atoms with Gasteiger partial charge in [0.2, 0.25) is 0 Å². The van der Waals surface area contributed by atoms with Crippen molar-refractivity contribution in [2.75, 3.05) is 26.4 Å². The third-order valence-corrected chi connectivity index (χ3v) is 3.87. The van der Waals surface area contributed by atoms with Crippen molar-refractivity contribution in [1.82, 2.24) is 15.1 Å². The van der Waals surface area contributed by atoms with Crippen molar-refractivity contribution in [1.29, 1.82) is 0 Å². The molecule has 1 saturated heterocycles. The van der Waals surface area contributed by atoms with Gasteiger partial charge in [0.05, 0.1) is 43.6 Å². The predicted molar refractivity (Wildman–Crippen MR) is 71.0 cm³/mol. The average molecular weight is 259 g/mol. The minimum atomic E-state index is 0.0291. The van der Waals surface area contributed by atoms with Gasteiger partial charge in [-0.3, -0.25) is 4.68 Å². The van der Waals surface area contributed by atoms with E-state index in [1.807, 2.05) is 6.07 Å². The number of hydrogen-bond donors (Lipinski definition) is 1. The molecule has 0 spiro atoms. The lowest BCUT2D eigenvalue weighted by Crippen LogP contribution is -2.47. The lowest BCUT2D eigenvalue weighted by Gasteiger charge is -2.34. The molecular weight excluding hydrogens is 242 g/mol. The Bertz CT molecular complexity index is 589. The number of morpholine rings is 1. The molecule has 3 heterocycles. The summed E-state index contributed by atoms with van der Waals surface area (Å²) in [5.74, 6) is 0. The Morgan fingerprint density at radius 2 is 2.21 bits per heavy atom. The zero-order chi connectivity index (χ0) is 12.7. The van der Waals surface area contributed by atoms with Crippen LogP contribution in [0, 0.1) is 0 Å². The highest BCUT2D eigenvalue weighted by Crippen LogP contribution is 2.32. The summed E-state index contributed by atoms with van der Waals surface area (Å²) in [7, 11) is 0. The van der Waals surface area contributed by atoms with Crippen molar-refractivity contribution in [3.8, 4) is 0 Å². The first-order valence-electron chi connectivity index (χ1n) is 6.82. The molecule has 1 aromatic carbocycles. The second kappa shape index (κ2) is 4.59. The van der Waals surface area contributed by atoms with Crippen molar-refractivity contribution in [3.63, 3.8) is 0 Å². The minimum absolute atomic E-state index is 0.0291. The molecule has 100 valence electrons. The molecule has 0 radical (unpaired) electrons. The van der Waals surface area contributed by atoms with Gasteiger partial charge in [0, 0.05) is 11.9 Å². The molecule has 2 atom stereocenters. The van der Waals surface area contributed by atoms with Gasteiger partial charge < -0.3 is 14.8 Å². The average Bonchev–Trinajstić information content (AvgIpc) is 2.86. The van der Waals surface area contributed by atoms with Gasteiger partial charge in [0.25, 0.3) is 0 Å². The van der Waals surface area contributed by atoms with Crippen molar-refractivity contribution < 1.29 is 9.47 Å². The maximum atomic E-state index is 6.01. The molecule has 4 rings (SSSR count). The summed E-state index contributed by atoms with van der Waals surface area (Å²) >= 11 is 0. The molecule has 2 aromatic rings. The summed E-state index contributed by atoms with van der Waals surface area (Å²) < 4.78 is 13.7. The first kappa shape index (κ1) is 11.4. The second-order valence-corrected chi connectivity index (χ2v) is 5.05. The molecule has 1 aromatic heterocycles. The number of rotatable bonds is 1. The van der Waals surface area contributed by atoms with Gasteiger partial charge in [-0.2, -0.15) is 5.10 Å². The van der Waals surface area contributed by atoms with E-state index in [0.717, 1.165) is 25.2 Å². The molecule has 0 unspecified atom stereocenters. The fourth-order valence-corrected chi connectivity index (χ4v) is 3.00. The number of nitrogens with zero attached hydrogens (tertiary/aromatic N) is 2. The molecule has 1 fully saturated rings. The van der Waals surface area contributed by atoms with Gasteiger partial charge in [-0.1, -0.05) is 18.2 Å². The first-order valence-corrected chi connectivity index (χ1v) is 6.82. The van der Waals surface area contributed by atoms with Crippen LogP contribution in [0.4, 0.5) is 0 Å². The number of nitrogens with one attached hydrogen (secondary N) is 1. The van der Waals surface area contributed by atoms with Crippen molar-refractivity contribution in [2.24, 2.45) is 0 Å². The smallest absolute Gasteiger partial charge is 0.117 e. The number of fused-ring (bicyclic) bond motifs is 3. The fourth-order valence-electron chi connectivity index (χ4n) is 3.00. The molecule has 0 amide bonds. The SMILES string of the molecule is c1ccc2c3n(nc2c1)CCO[C@H]3[C@@H]1COCCN1. The fraction of sp³-hybridized carbons (Fsp3) is 0.500. The van der Waals surface area contributed by atoms with Crippen LogP contribution in [0.25, 0.3) is 10.9 Å². The van der Waals surface area contributed by atoms with E-state index in [0.29, 0.717) is 13.2 Å².